The average Bonchev–Trinajstić information content (AvgIpc) is 3.19. The summed E-state index contributed by atoms with van der Waals surface area (Å²) in [6.07, 6.45) is 1.68. The summed E-state index contributed by atoms with van der Waals surface area (Å²) < 4.78 is 13.1. The molecule has 1 heterocycles. The Bertz CT molecular complexity index is 1000. The summed E-state index contributed by atoms with van der Waals surface area (Å²) >= 11 is 6.03. The second-order valence-corrected chi connectivity index (χ2v) is 7.93. The molecule has 7 heteroatoms. The summed E-state index contributed by atoms with van der Waals surface area (Å²) in [4.78, 5) is 14.6. The van der Waals surface area contributed by atoms with Crippen molar-refractivity contribution in [3.05, 3.63) is 70.6 Å². The minimum atomic E-state index is -0.278. The van der Waals surface area contributed by atoms with E-state index in [2.05, 4.69) is 15.5 Å². The highest BCUT2D eigenvalue weighted by molar-refractivity contribution is 6.31. The van der Waals surface area contributed by atoms with Crippen molar-refractivity contribution >= 4 is 23.2 Å². The molecule has 3 aromatic rings. The number of rotatable bonds is 8. The number of anilines is 1. The number of carbonyl (C=O) groups excluding carboxylic acids is 1. The van der Waals surface area contributed by atoms with Gasteiger partial charge in [0, 0.05) is 22.0 Å². The Kier molecular flexibility index (Phi) is 7.24. The van der Waals surface area contributed by atoms with E-state index < -0.39 is 0 Å². The first-order valence-electron chi connectivity index (χ1n) is 9.91. The van der Waals surface area contributed by atoms with Crippen LogP contribution in [0.25, 0.3) is 11.3 Å². The number of likely N-dealkylation sites (N-methyl/N-ethyl adjacent to an activating group) is 1. The van der Waals surface area contributed by atoms with E-state index in [-0.39, 0.29) is 17.8 Å². The molecule has 158 valence electrons. The van der Waals surface area contributed by atoms with Gasteiger partial charge in [-0.05, 0) is 88.3 Å². The van der Waals surface area contributed by atoms with Crippen LogP contribution in [0.3, 0.4) is 0 Å². The van der Waals surface area contributed by atoms with E-state index in [0.29, 0.717) is 5.02 Å². The van der Waals surface area contributed by atoms with Gasteiger partial charge in [0.1, 0.15) is 5.82 Å². The Morgan fingerprint density at radius 3 is 2.70 bits per heavy atom. The summed E-state index contributed by atoms with van der Waals surface area (Å²) in [5.74, 6) is -0.329. The van der Waals surface area contributed by atoms with Crippen LogP contribution in [0, 0.1) is 12.7 Å². The summed E-state index contributed by atoms with van der Waals surface area (Å²) in [6, 6.07) is 13.4. The molecule has 2 aromatic carbocycles. The zero-order valence-electron chi connectivity index (χ0n) is 17.4. The maximum Gasteiger partial charge on any atom is 0.241 e. The standard InChI is InChI=1S/C23H26ClFN4O/c1-15-6-9-18(24)13-21(15)26-23(30)16(2)29(3)12-4-5-20-14-22(28-27-20)17-7-10-19(25)11-8-17/h6-11,13-14,16H,4-5,12H2,1-3H3,(H,26,30)(H,27,28). The highest BCUT2D eigenvalue weighted by Crippen LogP contribution is 2.21. The van der Waals surface area contributed by atoms with E-state index >= 15 is 0 Å². The summed E-state index contributed by atoms with van der Waals surface area (Å²) in [6.45, 7) is 4.58. The molecular formula is C23H26ClFN4O. The van der Waals surface area contributed by atoms with Crippen molar-refractivity contribution in [1.29, 1.82) is 0 Å². The van der Waals surface area contributed by atoms with Gasteiger partial charge in [-0.25, -0.2) is 4.39 Å². The van der Waals surface area contributed by atoms with Crippen LogP contribution >= 0.6 is 11.6 Å². The molecule has 0 saturated carbocycles. The Balaban J connectivity index is 1.49. The average molecular weight is 429 g/mol. The van der Waals surface area contributed by atoms with Gasteiger partial charge >= 0.3 is 0 Å². The van der Waals surface area contributed by atoms with Crippen LogP contribution in [0.2, 0.25) is 5.02 Å². The lowest BCUT2D eigenvalue weighted by atomic mass is 10.1. The lowest BCUT2D eigenvalue weighted by molar-refractivity contribution is -0.120. The van der Waals surface area contributed by atoms with Gasteiger partial charge in [-0.2, -0.15) is 5.10 Å². The lowest BCUT2D eigenvalue weighted by Crippen LogP contribution is -2.40. The molecule has 5 nitrogen and oxygen atoms in total. The van der Waals surface area contributed by atoms with E-state index in [1.54, 1.807) is 24.3 Å². The molecular weight excluding hydrogens is 403 g/mol. The van der Waals surface area contributed by atoms with Crippen LogP contribution in [0.4, 0.5) is 10.1 Å². The zero-order valence-corrected chi connectivity index (χ0v) is 18.1. The molecule has 1 aromatic heterocycles. The van der Waals surface area contributed by atoms with E-state index in [4.69, 9.17) is 11.6 Å². The number of amides is 1. The number of hydrogen-bond donors (Lipinski definition) is 2. The molecule has 0 aliphatic carbocycles. The van der Waals surface area contributed by atoms with Gasteiger partial charge in [-0.15, -0.1) is 0 Å². The molecule has 0 fully saturated rings. The highest BCUT2D eigenvalue weighted by Gasteiger charge is 2.18. The first-order valence-corrected chi connectivity index (χ1v) is 10.3. The molecule has 30 heavy (non-hydrogen) atoms. The number of carbonyl (C=O) groups is 1. The number of halogens is 2. The van der Waals surface area contributed by atoms with Crippen LogP contribution in [0.15, 0.2) is 48.5 Å². The predicted molar refractivity (Wildman–Crippen MR) is 119 cm³/mol. The number of aromatic amines is 1. The van der Waals surface area contributed by atoms with Crippen molar-refractivity contribution in [2.24, 2.45) is 0 Å². The van der Waals surface area contributed by atoms with Crippen LogP contribution in [0.5, 0.6) is 0 Å². The number of hydrogen-bond acceptors (Lipinski definition) is 3. The summed E-state index contributed by atoms with van der Waals surface area (Å²) in [5, 5.41) is 10.9. The molecule has 0 bridgehead atoms. The van der Waals surface area contributed by atoms with E-state index in [9.17, 15) is 9.18 Å². The number of aromatic nitrogens is 2. The molecule has 3 rings (SSSR count). The Morgan fingerprint density at radius 1 is 1.23 bits per heavy atom. The predicted octanol–water partition coefficient (Wildman–Crippen LogP) is 5.07. The SMILES string of the molecule is Cc1ccc(Cl)cc1NC(=O)C(C)N(C)CCCc1cc(-c2ccc(F)cc2)n[nH]1. The minimum Gasteiger partial charge on any atom is -0.324 e. The topological polar surface area (TPSA) is 61.0 Å². The first-order chi connectivity index (χ1) is 14.3. The van der Waals surface area contributed by atoms with Gasteiger partial charge in [0.2, 0.25) is 5.91 Å². The molecule has 0 spiro atoms. The van der Waals surface area contributed by atoms with Crippen molar-refractivity contribution in [3.63, 3.8) is 0 Å². The number of nitrogens with zero attached hydrogens (tertiary/aromatic N) is 2. The van der Waals surface area contributed by atoms with Gasteiger partial charge < -0.3 is 5.32 Å². The molecule has 2 N–H and O–H groups in total. The van der Waals surface area contributed by atoms with Crippen molar-refractivity contribution in [2.45, 2.75) is 32.7 Å². The molecule has 1 atom stereocenters. The highest BCUT2D eigenvalue weighted by atomic mass is 35.5. The molecule has 0 saturated heterocycles. The quantitative estimate of drug-likeness (QED) is 0.526. The fourth-order valence-electron chi connectivity index (χ4n) is 3.14. The Morgan fingerprint density at radius 2 is 1.97 bits per heavy atom. The van der Waals surface area contributed by atoms with E-state index in [1.807, 2.05) is 37.9 Å². The fraction of sp³-hybridized carbons (Fsp3) is 0.304. The van der Waals surface area contributed by atoms with Crippen molar-refractivity contribution in [3.8, 4) is 11.3 Å². The molecule has 1 unspecified atom stereocenters. The van der Waals surface area contributed by atoms with Crippen LogP contribution in [0.1, 0.15) is 24.6 Å². The third-order valence-electron chi connectivity index (χ3n) is 5.23. The van der Waals surface area contributed by atoms with Gasteiger partial charge in [0.15, 0.2) is 0 Å². The maximum atomic E-state index is 13.1. The third kappa shape index (κ3) is 5.68. The van der Waals surface area contributed by atoms with Gasteiger partial charge in [0.25, 0.3) is 0 Å². The van der Waals surface area contributed by atoms with Crippen molar-refractivity contribution in [1.82, 2.24) is 15.1 Å². The first kappa shape index (κ1) is 22.0. The fourth-order valence-corrected chi connectivity index (χ4v) is 3.31. The van der Waals surface area contributed by atoms with Crippen LogP contribution in [-0.4, -0.2) is 40.6 Å². The summed E-state index contributed by atoms with van der Waals surface area (Å²) in [7, 11) is 1.94. The smallest absolute Gasteiger partial charge is 0.241 e. The summed E-state index contributed by atoms with van der Waals surface area (Å²) in [5.41, 5.74) is 4.38. The minimum absolute atomic E-state index is 0.0667. The van der Waals surface area contributed by atoms with Gasteiger partial charge in [0.05, 0.1) is 11.7 Å². The van der Waals surface area contributed by atoms with Gasteiger partial charge in [-0.3, -0.25) is 14.8 Å². The number of nitrogens with one attached hydrogen (secondary N) is 2. The molecule has 0 aliphatic heterocycles. The second kappa shape index (κ2) is 9.87. The van der Waals surface area contributed by atoms with Crippen LogP contribution in [-0.2, 0) is 11.2 Å². The molecule has 1 amide bonds. The monoisotopic (exact) mass is 428 g/mol. The second-order valence-electron chi connectivity index (χ2n) is 7.49. The van der Waals surface area contributed by atoms with Gasteiger partial charge in [-0.1, -0.05) is 17.7 Å². The van der Waals surface area contributed by atoms with E-state index in [0.717, 1.165) is 47.6 Å². The zero-order chi connectivity index (χ0) is 21.7. The Hall–Kier alpha value is -2.70. The molecule has 0 aliphatic rings. The maximum absolute atomic E-state index is 13.1. The largest absolute Gasteiger partial charge is 0.324 e. The van der Waals surface area contributed by atoms with Crippen LogP contribution < -0.4 is 5.32 Å². The number of H-pyrrole nitrogens is 1. The number of benzene rings is 2. The lowest BCUT2D eigenvalue weighted by Gasteiger charge is -2.24. The normalized spacial score (nSPS) is 12.2. The third-order valence-corrected chi connectivity index (χ3v) is 5.46. The van der Waals surface area contributed by atoms with Crippen molar-refractivity contribution < 1.29 is 9.18 Å². The molecule has 0 radical (unpaired) electrons. The van der Waals surface area contributed by atoms with E-state index in [1.165, 1.54) is 12.1 Å². The van der Waals surface area contributed by atoms with Crippen molar-refractivity contribution in [2.75, 3.05) is 18.9 Å². The number of aryl methyl sites for hydroxylation is 2. The Labute approximate surface area is 181 Å².